The summed E-state index contributed by atoms with van der Waals surface area (Å²) in [6.07, 6.45) is 1.77. The second kappa shape index (κ2) is 5.29. The summed E-state index contributed by atoms with van der Waals surface area (Å²) in [5.41, 5.74) is 9.53. The van der Waals surface area contributed by atoms with Crippen LogP contribution in [-0.4, -0.2) is 11.9 Å². The molecule has 0 radical (unpaired) electrons. The van der Waals surface area contributed by atoms with Crippen molar-refractivity contribution in [3.8, 4) is 0 Å². The Morgan fingerprint density at radius 3 is 2.45 bits per heavy atom. The second-order valence-electron chi connectivity index (χ2n) is 5.08. The zero-order valence-electron chi connectivity index (χ0n) is 10.9. The molecule has 0 saturated heterocycles. The first-order valence-corrected chi connectivity index (χ1v) is 7.35. The van der Waals surface area contributed by atoms with Crippen LogP contribution in [0, 0.1) is 0 Å². The van der Waals surface area contributed by atoms with E-state index >= 15 is 0 Å². The molecule has 0 aromatic heterocycles. The SMILES string of the molecule is Nc1ccc(Br)cc1C(=O)NC1Cc2ccccc2C1. The number of nitrogens with one attached hydrogen (secondary N) is 1. The van der Waals surface area contributed by atoms with Crippen molar-refractivity contribution in [2.45, 2.75) is 18.9 Å². The summed E-state index contributed by atoms with van der Waals surface area (Å²) in [6, 6.07) is 13.8. The fraction of sp³-hybridized carbons (Fsp3) is 0.188. The molecule has 4 heteroatoms. The van der Waals surface area contributed by atoms with Crippen molar-refractivity contribution in [2.75, 3.05) is 5.73 Å². The van der Waals surface area contributed by atoms with Crippen LogP contribution < -0.4 is 11.1 Å². The van der Waals surface area contributed by atoms with E-state index in [4.69, 9.17) is 5.73 Å². The largest absolute Gasteiger partial charge is 0.398 e. The van der Waals surface area contributed by atoms with Crippen LogP contribution in [0.4, 0.5) is 5.69 Å². The van der Waals surface area contributed by atoms with Crippen LogP contribution in [0.1, 0.15) is 21.5 Å². The highest BCUT2D eigenvalue weighted by molar-refractivity contribution is 9.10. The molecule has 1 amide bonds. The third-order valence-corrected chi connectivity index (χ3v) is 4.14. The maximum Gasteiger partial charge on any atom is 0.253 e. The number of nitrogens with two attached hydrogens (primary N) is 1. The number of rotatable bonds is 2. The van der Waals surface area contributed by atoms with Gasteiger partial charge in [-0.3, -0.25) is 4.79 Å². The molecule has 0 saturated carbocycles. The quantitative estimate of drug-likeness (QED) is 0.832. The van der Waals surface area contributed by atoms with E-state index in [1.165, 1.54) is 11.1 Å². The number of halogens is 1. The van der Waals surface area contributed by atoms with Crippen LogP contribution in [-0.2, 0) is 12.8 Å². The first-order chi connectivity index (χ1) is 9.63. The van der Waals surface area contributed by atoms with E-state index < -0.39 is 0 Å². The van der Waals surface area contributed by atoms with Crippen LogP contribution in [0.3, 0.4) is 0 Å². The lowest BCUT2D eigenvalue weighted by Crippen LogP contribution is -2.35. The van der Waals surface area contributed by atoms with Gasteiger partial charge in [0.1, 0.15) is 0 Å². The van der Waals surface area contributed by atoms with Gasteiger partial charge in [-0.2, -0.15) is 0 Å². The van der Waals surface area contributed by atoms with Crippen molar-refractivity contribution < 1.29 is 4.79 Å². The van der Waals surface area contributed by atoms with Crippen molar-refractivity contribution in [1.29, 1.82) is 0 Å². The van der Waals surface area contributed by atoms with Crippen LogP contribution in [0.25, 0.3) is 0 Å². The van der Waals surface area contributed by atoms with Crippen molar-refractivity contribution in [3.63, 3.8) is 0 Å². The molecule has 0 fully saturated rings. The van der Waals surface area contributed by atoms with Crippen molar-refractivity contribution in [1.82, 2.24) is 5.32 Å². The van der Waals surface area contributed by atoms with Gasteiger partial charge in [0.25, 0.3) is 5.91 Å². The maximum absolute atomic E-state index is 12.3. The fourth-order valence-electron chi connectivity index (χ4n) is 2.65. The Hall–Kier alpha value is -1.81. The summed E-state index contributed by atoms with van der Waals surface area (Å²) in [4.78, 5) is 12.3. The number of carbonyl (C=O) groups excluding carboxylic acids is 1. The molecule has 1 aliphatic rings. The standard InChI is InChI=1S/C16H15BrN2O/c17-12-5-6-15(18)14(9-12)16(20)19-13-7-10-3-1-2-4-11(10)8-13/h1-6,9,13H,7-8,18H2,(H,19,20). The lowest BCUT2D eigenvalue weighted by atomic mass is 10.1. The van der Waals surface area contributed by atoms with Gasteiger partial charge in [-0.25, -0.2) is 0 Å². The number of amides is 1. The van der Waals surface area contributed by atoms with Crippen molar-refractivity contribution in [2.24, 2.45) is 0 Å². The zero-order valence-corrected chi connectivity index (χ0v) is 12.5. The molecule has 1 aliphatic carbocycles. The highest BCUT2D eigenvalue weighted by Gasteiger charge is 2.23. The lowest BCUT2D eigenvalue weighted by Gasteiger charge is -2.13. The monoisotopic (exact) mass is 330 g/mol. The number of fused-ring (bicyclic) bond motifs is 1. The minimum Gasteiger partial charge on any atom is -0.398 e. The minimum absolute atomic E-state index is 0.110. The van der Waals surface area contributed by atoms with E-state index in [0.29, 0.717) is 11.3 Å². The average Bonchev–Trinajstić information content (AvgIpc) is 2.83. The molecular formula is C16H15BrN2O. The van der Waals surface area contributed by atoms with Gasteiger partial charge in [-0.15, -0.1) is 0 Å². The predicted molar refractivity (Wildman–Crippen MR) is 83.7 cm³/mol. The molecule has 3 nitrogen and oxygen atoms in total. The van der Waals surface area contributed by atoms with Gasteiger partial charge in [-0.05, 0) is 42.2 Å². The minimum atomic E-state index is -0.110. The average molecular weight is 331 g/mol. The van der Waals surface area contributed by atoms with E-state index in [0.717, 1.165) is 17.3 Å². The fourth-order valence-corrected chi connectivity index (χ4v) is 3.01. The van der Waals surface area contributed by atoms with Crippen molar-refractivity contribution >= 4 is 27.5 Å². The van der Waals surface area contributed by atoms with Gasteiger partial charge in [0.2, 0.25) is 0 Å². The summed E-state index contributed by atoms with van der Waals surface area (Å²) < 4.78 is 0.853. The highest BCUT2D eigenvalue weighted by Crippen LogP contribution is 2.23. The van der Waals surface area contributed by atoms with Gasteiger partial charge in [-0.1, -0.05) is 40.2 Å². The Labute approximate surface area is 126 Å². The zero-order chi connectivity index (χ0) is 14.1. The van der Waals surface area contributed by atoms with Gasteiger partial charge < -0.3 is 11.1 Å². The van der Waals surface area contributed by atoms with Gasteiger partial charge in [0.05, 0.1) is 5.56 Å². The van der Waals surface area contributed by atoms with E-state index in [2.05, 4.69) is 33.4 Å². The molecule has 0 spiro atoms. The Morgan fingerprint density at radius 1 is 1.15 bits per heavy atom. The molecule has 2 aromatic rings. The number of carbonyl (C=O) groups is 1. The molecule has 2 aromatic carbocycles. The van der Waals surface area contributed by atoms with E-state index in [-0.39, 0.29) is 11.9 Å². The molecule has 3 N–H and O–H groups in total. The third kappa shape index (κ3) is 2.56. The third-order valence-electron chi connectivity index (χ3n) is 3.65. The van der Waals surface area contributed by atoms with Crippen LogP contribution in [0.5, 0.6) is 0 Å². The summed E-state index contributed by atoms with van der Waals surface area (Å²) in [5.74, 6) is -0.110. The van der Waals surface area contributed by atoms with Gasteiger partial charge in [0, 0.05) is 16.2 Å². The van der Waals surface area contributed by atoms with Gasteiger partial charge >= 0.3 is 0 Å². The van der Waals surface area contributed by atoms with E-state index in [1.54, 1.807) is 12.1 Å². The molecule has 3 rings (SSSR count). The Morgan fingerprint density at radius 2 is 1.80 bits per heavy atom. The molecular weight excluding hydrogens is 316 g/mol. The molecule has 0 aliphatic heterocycles. The number of anilines is 1. The second-order valence-corrected chi connectivity index (χ2v) is 5.99. The first-order valence-electron chi connectivity index (χ1n) is 6.56. The topological polar surface area (TPSA) is 55.1 Å². The van der Waals surface area contributed by atoms with Crippen LogP contribution in [0.2, 0.25) is 0 Å². The molecule has 0 bridgehead atoms. The summed E-state index contributed by atoms with van der Waals surface area (Å²) in [7, 11) is 0. The van der Waals surface area contributed by atoms with Crippen molar-refractivity contribution in [3.05, 3.63) is 63.6 Å². The predicted octanol–water partition coefficient (Wildman–Crippen LogP) is 2.93. The maximum atomic E-state index is 12.3. The molecule has 0 atom stereocenters. The summed E-state index contributed by atoms with van der Waals surface area (Å²) in [6.45, 7) is 0. The lowest BCUT2D eigenvalue weighted by molar-refractivity contribution is 0.0939. The summed E-state index contributed by atoms with van der Waals surface area (Å²) >= 11 is 3.37. The molecule has 0 unspecified atom stereocenters. The molecule has 102 valence electrons. The van der Waals surface area contributed by atoms with E-state index in [1.807, 2.05) is 18.2 Å². The smallest absolute Gasteiger partial charge is 0.253 e. The first kappa shape index (κ1) is 13.2. The van der Waals surface area contributed by atoms with Crippen LogP contribution in [0.15, 0.2) is 46.9 Å². The number of hydrogen-bond acceptors (Lipinski definition) is 2. The van der Waals surface area contributed by atoms with Crippen LogP contribution >= 0.6 is 15.9 Å². The van der Waals surface area contributed by atoms with E-state index in [9.17, 15) is 4.79 Å². The Bertz CT molecular complexity index is 644. The Kier molecular flexibility index (Phi) is 3.49. The normalized spacial score (nSPS) is 14.1. The Balaban J connectivity index is 1.74. The molecule has 20 heavy (non-hydrogen) atoms. The molecule has 0 heterocycles. The summed E-state index contributed by atoms with van der Waals surface area (Å²) in [5, 5.41) is 3.07. The highest BCUT2D eigenvalue weighted by atomic mass is 79.9. The van der Waals surface area contributed by atoms with Gasteiger partial charge in [0.15, 0.2) is 0 Å². The number of nitrogen functional groups attached to an aromatic ring is 1. The number of hydrogen-bond donors (Lipinski definition) is 2. The number of benzene rings is 2.